The number of hydrogen-bond acceptors (Lipinski definition) is 8. The first-order valence-electron chi connectivity index (χ1n) is 11.0. The van der Waals surface area contributed by atoms with Crippen LogP contribution in [0.25, 0.3) is 11.3 Å². The fourth-order valence-electron chi connectivity index (χ4n) is 4.19. The van der Waals surface area contributed by atoms with Gasteiger partial charge in [0.25, 0.3) is 5.91 Å². The summed E-state index contributed by atoms with van der Waals surface area (Å²) in [5.41, 5.74) is 0.447. The van der Waals surface area contributed by atoms with Crippen LogP contribution in [-0.2, 0) is 5.60 Å². The van der Waals surface area contributed by atoms with Crippen molar-refractivity contribution in [3.8, 4) is 11.3 Å². The first-order chi connectivity index (χ1) is 15.4. The van der Waals surface area contributed by atoms with Crippen molar-refractivity contribution in [1.29, 1.82) is 0 Å². The number of carbonyl (C=O) groups excluding carboxylic acids is 1. The average molecular weight is 438 g/mol. The number of nitrogens with zero attached hydrogens (tertiary/aromatic N) is 5. The summed E-state index contributed by atoms with van der Waals surface area (Å²) in [4.78, 5) is 25.8. The molecular formula is C23H27N5O4. The van der Waals surface area contributed by atoms with Gasteiger partial charge in [-0.1, -0.05) is 17.3 Å². The molecule has 2 aliphatic rings. The summed E-state index contributed by atoms with van der Waals surface area (Å²) < 4.78 is 10.7. The molecule has 0 unspecified atom stereocenters. The molecule has 3 heterocycles. The number of oxazole rings is 1. The monoisotopic (exact) mass is 437 g/mol. The second kappa shape index (κ2) is 8.05. The van der Waals surface area contributed by atoms with Gasteiger partial charge in [0.05, 0.1) is 6.20 Å². The Morgan fingerprint density at radius 2 is 1.81 bits per heavy atom. The average Bonchev–Trinajstić information content (AvgIpc) is 3.26. The highest BCUT2D eigenvalue weighted by molar-refractivity contribution is 5.95. The van der Waals surface area contributed by atoms with Gasteiger partial charge in [0, 0.05) is 36.3 Å². The molecule has 1 N–H and O–H groups in total. The maximum atomic E-state index is 13.4. The lowest BCUT2D eigenvalue weighted by Gasteiger charge is -2.38. The maximum Gasteiger partial charge on any atom is 0.324 e. The summed E-state index contributed by atoms with van der Waals surface area (Å²) in [5, 5.41) is 14.0. The summed E-state index contributed by atoms with van der Waals surface area (Å²) in [7, 11) is 0. The van der Waals surface area contributed by atoms with Crippen LogP contribution in [0, 0.1) is 0 Å². The molecule has 0 bridgehead atoms. The second-order valence-corrected chi connectivity index (χ2v) is 9.06. The molecule has 1 aliphatic heterocycles. The lowest BCUT2D eigenvalue weighted by Crippen LogP contribution is -2.48. The van der Waals surface area contributed by atoms with Crippen LogP contribution in [-0.4, -0.2) is 56.2 Å². The number of aromatic nitrogens is 3. The first kappa shape index (κ1) is 20.7. The summed E-state index contributed by atoms with van der Waals surface area (Å²) in [6, 6.07) is 8.44. The Hall–Kier alpha value is -3.20. The Morgan fingerprint density at radius 3 is 2.38 bits per heavy atom. The van der Waals surface area contributed by atoms with Gasteiger partial charge in [-0.15, -0.1) is 0 Å². The molecule has 1 amide bonds. The molecule has 2 aromatic heterocycles. The third-order valence-electron chi connectivity index (χ3n) is 6.11. The van der Waals surface area contributed by atoms with Gasteiger partial charge in [-0.05, 0) is 51.7 Å². The van der Waals surface area contributed by atoms with Crippen LogP contribution >= 0.6 is 0 Å². The molecule has 1 aromatic carbocycles. The van der Waals surface area contributed by atoms with Gasteiger partial charge in [0.15, 0.2) is 12.2 Å². The highest BCUT2D eigenvalue weighted by Gasteiger charge is 2.39. The van der Waals surface area contributed by atoms with Gasteiger partial charge in [-0.25, -0.2) is 4.98 Å². The van der Waals surface area contributed by atoms with E-state index in [1.807, 2.05) is 29.2 Å². The van der Waals surface area contributed by atoms with Crippen molar-refractivity contribution in [3.05, 3.63) is 48.2 Å². The maximum absolute atomic E-state index is 13.4. The van der Waals surface area contributed by atoms with Crippen LogP contribution in [0.2, 0.25) is 0 Å². The number of piperidine rings is 1. The molecule has 2 fully saturated rings. The lowest BCUT2D eigenvalue weighted by atomic mass is 10.0. The van der Waals surface area contributed by atoms with E-state index < -0.39 is 5.60 Å². The molecular weight excluding hydrogens is 410 g/mol. The molecule has 9 nitrogen and oxygen atoms in total. The van der Waals surface area contributed by atoms with Crippen LogP contribution in [0.1, 0.15) is 55.7 Å². The molecule has 3 aromatic rings. The smallest absolute Gasteiger partial charge is 0.324 e. The fourth-order valence-corrected chi connectivity index (χ4v) is 4.19. The van der Waals surface area contributed by atoms with Gasteiger partial charge in [-0.2, -0.15) is 4.98 Å². The van der Waals surface area contributed by atoms with Crippen molar-refractivity contribution in [2.24, 2.45) is 0 Å². The molecule has 0 atom stereocenters. The van der Waals surface area contributed by atoms with Crippen molar-refractivity contribution in [3.63, 3.8) is 0 Å². The Morgan fingerprint density at radius 1 is 1.12 bits per heavy atom. The zero-order valence-electron chi connectivity index (χ0n) is 18.3. The quantitative estimate of drug-likeness (QED) is 0.626. The van der Waals surface area contributed by atoms with Crippen molar-refractivity contribution < 1.29 is 18.8 Å². The number of amides is 1. The molecule has 0 spiro atoms. The minimum Gasteiger partial charge on any atom is -0.444 e. The molecule has 32 heavy (non-hydrogen) atoms. The van der Waals surface area contributed by atoms with Gasteiger partial charge >= 0.3 is 6.01 Å². The number of aliphatic hydroxyl groups is 1. The molecule has 168 valence electrons. The fraction of sp³-hybridized carbons (Fsp3) is 0.478. The summed E-state index contributed by atoms with van der Waals surface area (Å²) in [5.74, 6) is 1.04. The Labute approximate surface area is 186 Å². The van der Waals surface area contributed by atoms with Gasteiger partial charge in [-0.3, -0.25) is 4.79 Å². The van der Waals surface area contributed by atoms with Crippen LogP contribution in [0.3, 0.4) is 0 Å². The van der Waals surface area contributed by atoms with E-state index in [1.54, 1.807) is 20.0 Å². The largest absolute Gasteiger partial charge is 0.444 e. The molecule has 9 heteroatoms. The normalized spacial score (nSPS) is 17.5. The van der Waals surface area contributed by atoms with Crippen LogP contribution in [0.4, 0.5) is 6.01 Å². The van der Waals surface area contributed by atoms with E-state index >= 15 is 0 Å². The van der Waals surface area contributed by atoms with Gasteiger partial charge in [0.2, 0.25) is 5.82 Å². The Kier molecular flexibility index (Phi) is 5.21. The zero-order chi connectivity index (χ0) is 22.3. The van der Waals surface area contributed by atoms with Crippen LogP contribution in [0.5, 0.6) is 0 Å². The lowest BCUT2D eigenvalue weighted by molar-refractivity contribution is 0.0628. The Balaban J connectivity index is 1.26. The number of hydrogen-bond donors (Lipinski definition) is 1. The number of rotatable bonds is 6. The number of anilines is 1. The van der Waals surface area contributed by atoms with Gasteiger partial charge < -0.3 is 23.8 Å². The van der Waals surface area contributed by atoms with E-state index in [2.05, 4.69) is 20.0 Å². The van der Waals surface area contributed by atoms with E-state index in [0.29, 0.717) is 23.4 Å². The highest BCUT2D eigenvalue weighted by Crippen LogP contribution is 2.34. The molecule has 0 radical (unpaired) electrons. The number of benzene rings is 1. The van der Waals surface area contributed by atoms with E-state index in [0.717, 1.165) is 44.3 Å². The predicted octanol–water partition coefficient (Wildman–Crippen LogP) is 3.23. The van der Waals surface area contributed by atoms with Crippen LogP contribution in [0.15, 0.2) is 45.8 Å². The van der Waals surface area contributed by atoms with Crippen molar-refractivity contribution in [1.82, 2.24) is 20.0 Å². The minimum atomic E-state index is -1.14. The van der Waals surface area contributed by atoms with Gasteiger partial charge in [0.1, 0.15) is 5.60 Å². The highest BCUT2D eigenvalue weighted by atomic mass is 16.5. The van der Waals surface area contributed by atoms with Crippen molar-refractivity contribution in [2.45, 2.75) is 57.2 Å². The van der Waals surface area contributed by atoms with Crippen molar-refractivity contribution in [2.75, 3.05) is 18.0 Å². The number of carbonyl (C=O) groups is 1. The van der Waals surface area contributed by atoms with Crippen molar-refractivity contribution >= 4 is 11.9 Å². The summed E-state index contributed by atoms with van der Waals surface area (Å²) >= 11 is 0. The summed E-state index contributed by atoms with van der Waals surface area (Å²) in [6.45, 7) is 4.70. The van der Waals surface area contributed by atoms with Crippen LogP contribution < -0.4 is 4.90 Å². The third-order valence-corrected chi connectivity index (χ3v) is 6.11. The minimum absolute atomic E-state index is 0.0807. The Bertz CT molecular complexity index is 1060. The molecule has 1 saturated carbocycles. The first-order valence-corrected chi connectivity index (χ1v) is 11.0. The SMILES string of the molecule is CC(C)(O)c1noc(N2CCC(N(C(=O)c3ccc(-c4cnco4)cc3)C3CC3)CC2)n1. The molecule has 1 aliphatic carbocycles. The third kappa shape index (κ3) is 4.12. The van der Waals surface area contributed by atoms with E-state index in [9.17, 15) is 9.90 Å². The molecule has 5 rings (SSSR count). The topological polar surface area (TPSA) is 109 Å². The van der Waals surface area contributed by atoms with E-state index in [1.165, 1.54) is 6.39 Å². The van der Waals surface area contributed by atoms with E-state index in [4.69, 9.17) is 8.94 Å². The molecule has 1 saturated heterocycles. The predicted molar refractivity (Wildman–Crippen MR) is 116 cm³/mol. The van der Waals surface area contributed by atoms with E-state index in [-0.39, 0.29) is 17.8 Å². The summed E-state index contributed by atoms with van der Waals surface area (Å²) in [6.07, 6.45) is 6.84. The second-order valence-electron chi connectivity index (χ2n) is 9.06. The standard InChI is InChI=1S/C23H27N5O4/c1-23(2,30)21-25-22(32-26-21)27-11-9-18(10-12-27)28(17-7-8-17)20(29)16-5-3-15(4-6-16)19-13-24-14-31-19/h3-6,13-14,17-18,30H,7-12H2,1-2H3. The zero-order valence-corrected chi connectivity index (χ0v) is 18.3.